The van der Waals surface area contributed by atoms with Gasteiger partial charge in [0.05, 0.1) is 9.40 Å². The van der Waals surface area contributed by atoms with Gasteiger partial charge in [-0.25, -0.2) is 4.63 Å². The second kappa shape index (κ2) is 5.02. The van der Waals surface area contributed by atoms with E-state index in [9.17, 15) is 14.9 Å². The minimum absolute atomic E-state index is 0.111. The van der Waals surface area contributed by atoms with Gasteiger partial charge in [0.15, 0.2) is 0 Å². The topological polar surface area (TPSA) is 137 Å². The molecule has 0 saturated heterocycles. The normalized spacial score (nSPS) is 10.2. The van der Waals surface area contributed by atoms with Crippen LogP contribution in [0, 0.1) is 10.1 Å². The number of nitro benzene ring substituents is 1. The highest BCUT2D eigenvalue weighted by Gasteiger charge is 2.17. The fourth-order valence-electron chi connectivity index (χ4n) is 1.28. The maximum atomic E-state index is 11.7. The molecule has 9 nitrogen and oxygen atoms in total. The van der Waals surface area contributed by atoms with Gasteiger partial charge >= 0.3 is 0 Å². The predicted octanol–water partition coefficient (Wildman–Crippen LogP) is 1.57. The molecule has 2 aromatic rings. The molecule has 10 heteroatoms. The van der Waals surface area contributed by atoms with Crippen molar-refractivity contribution >= 4 is 39.0 Å². The maximum absolute atomic E-state index is 11.7. The van der Waals surface area contributed by atoms with Crippen molar-refractivity contribution < 1.29 is 14.3 Å². The molecule has 0 fully saturated rings. The Morgan fingerprint density at radius 2 is 2.21 bits per heavy atom. The Morgan fingerprint density at radius 3 is 2.74 bits per heavy atom. The molecule has 0 unspecified atom stereocenters. The molecule has 0 saturated carbocycles. The third kappa shape index (κ3) is 2.68. The molecule has 0 aliphatic carbocycles. The molecule has 1 heterocycles. The van der Waals surface area contributed by atoms with Gasteiger partial charge in [0.25, 0.3) is 11.6 Å². The van der Waals surface area contributed by atoms with Gasteiger partial charge in [-0.1, -0.05) is 0 Å². The van der Waals surface area contributed by atoms with E-state index in [0.29, 0.717) is 5.69 Å². The first kappa shape index (κ1) is 13.0. The molecule has 0 spiro atoms. The number of halogens is 1. The Balaban J connectivity index is 2.21. The summed E-state index contributed by atoms with van der Waals surface area (Å²) in [5, 5.41) is 19.7. The third-order valence-corrected chi connectivity index (χ3v) is 2.77. The molecule has 1 amide bonds. The number of aromatic nitrogens is 2. The molecule has 98 valence electrons. The molecule has 3 N–H and O–H groups in total. The predicted molar refractivity (Wildman–Crippen MR) is 67.5 cm³/mol. The van der Waals surface area contributed by atoms with Crippen molar-refractivity contribution in [2.75, 3.05) is 11.1 Å². The van der Waals surface area contributed by atoms with Crippen molar-refractivity contribution in [1.29, 1.82) is 0 Å². The molecular weight excluding hydrogens is 322 g/mol. The number of nitrogens with zero attached hydrogens (tertiary/aromatic N) is 3. The number of hydrogen-bond acceptors (Lipinski definition) is 7. The monoisotopic (exact) mass is 327 g/mol. The average Bonchev–Trinajstić information content (AvgIpc) is 2.75. The summed E-state index contributed by atoms with van der Waals surface area (Å²) in [4.78, 5) is 21.8. The van der Waals surface area contributed by atoms with Crippen LogP contribution < -0.4 is 11.1 Å². The van der Waals surface area contributed by atoms with E-state index in [1.54, 1.807) is 0 Å². The lowest BCUT2D eigenvalue weighted by Gasteiger charge is -2.03. The molecule has 19 heavy (non-hydrogen) atoms. The first-order valence-corrected chi connectivity index (χ1v) is 5.61. The summed E-state index contributed by atoms with van der Waals surface area (Å²) in [6.07, 6.45) is 0. The molecule has 0 bridgehead atoms. The van der Waals surface area contributed by atoms with Gasteiger partial charge in [0.1, 0.15) is 0 Å². The van der Waals surface area contributed by atoms with Crippen LogP contribution in [0.15, 0.2) is 27.3 Å². The van der Waals surface area contributed by atoms with Crippen LogP contribution >= 0.6 is 15.9 Å². The van der Waals surface area contributed by atoms with E-state index in [1.807, 2.05) is 0 Å². The second-order valence-corrected chi connectivity index (χ2v) is 4.23. The van der Waals surface area contributed by atoms with Gasteiger partial charge in [0.2, 0.25) is 11.5 Å². The number of rotatable bonds is 3. The molecule has 0 atom stereocenters. The second-order valence-electron chi connectivity index (χ2n) is 3.38. The number of nitrogens with two attached hydrogens (primary N) is 1. The maximum Gasteiger partial charge on any atom is 0.283 e. The fourth-order valence-corrected chi connectivity index (χ4v) is 1.80. The zero-order valence-corrected chi connectivity index (χ0v) is 10.7. The largest absolute Gasteiger partial charge is 0.379 e. The zero-order valence-electron chi connectivity index (χ0n) is 9.16. The van der Waals surface area contributed by atoms with Crippen LogP contribution in [0.25, 0.3) is 0 Å². The van der Waals surface area contributed by atoms with E-state index in [2.05, 4.69) is 36.2 Å². The number of hydrogen-bond donors (Lipinski definition) is 2. The quantitative estimate of drug-likeness (QED) is 0.644. The summed E-state index contributed by atoms with van der Waals surface area (Å²) in [6.45, 7) is 0. The summed E-state index contributed by atoms with van der Waals surface area (Å²) in [5.74, 6) is -0.766. The first-order valence-electron chi connectivity index (χ1n) is 4.82. The summed E-state index contributed by atoms with van der Waals surface area (Å²) in [7, 11) is 0. The Hall–Kier alpha value is -2.49. The van der Waals surface area contributed by atoms with E-state index >= 15 is 0 Å². The third-order valence-electron chi connectivity index (χ3n) is 2.13. The zero-order chi connectivity index (χ0) is 14.0. The molecular formula is C9H6BrN5O4. The number of nitrogens with one attached hydrogen (secondary N) is 1. The Morgan fingerprint density at radius 1 is 1.47 bits per heavy atom. The summed E-state index contributed by atoms with van der Waals surface area (Å²) < 4.78 is 4.53. The van der Waals surface area contributed by atoms with Crippen LogP contribution in [-0.4, -0.2) is 21.1 Å². The van der Waals surface area contributed by atoms with E-state index in [1.165, 1.54) is 18.2 Å². The molecule has 1 aromatic heterocycles. The Labute approximate surface area is 114 Å². The highest BCUT2D eigenvalue weighted by atomic mass is 79.9. The molecule has 1 aromatic carbocycles. The lowest BCUT2D eigenvalue weighted by molar-refractivity contribution is -0.385. The number of nitrogen functional groups attached to an aromatic ring is 1. The van der Waals surface area contributed by atoms with Crippen LogP contribution in [-0.2, 0) is 0 Å². The summed E-state index contributed by atoms with van der Waals surface area (Å²) in [5.41, 5.74) is 5.43. The smallest absolute Gasteiger partial charge is 0.283 e. The lowest BCUT2D eigenvalue weighted by Crippen LogP contribution is -2.14. The van der Waals surface area contributed by atoms with Crippen molar-refractivity contribution in [3.8, 4) is 0 Å². The number of benzene rings is 1. The number of carbonyl (C=O) groups is 1. The number of nitro groups is 1. The fraction of sp³-hybridized carbons (Fsp3) is 0. The molecule has 2 rings (SSSR count). The van der Waals surface area contributed by atoms with Gasteiger partial charge in [-0.15, -0.1) is 0 Å². The number of amides is 1. The average molecular weight is 328 g/mol. The summed E-state index contributed by atoms with van der Waals surface area (Å²) >= 11 is 3.04. The highest BCUT2D eigenvalue weighted by Crippen LogP contribution is 2.27. The van der Waals surface area contributed by atoms with E-state index in [-0.39, 0.29) is 21.7 Å². The number of carbonyl (C=O) groups excluding carboxylic acids is 1. The number of anilines is 2. The van der Waals surface area contributed by atoms with Gasteiger partial charge in [-0.05, 0) is 38.4 Å². The SMILES string of the molecule is Nc1nonc1C(=O)Nc1ccc([N+](=O)[O-])c(Br)c1. The van der Waals surface area contributed by atoms with Gasteiger partial charge in [-0.2, -0.15) is 0 Å². The highest BCUT2D eigenvalue weighted by molar-refractivity contribution is 9.10. The minimum Gasteiger partial charge on any atom is -0.379 e. The van der Waals surface area contributed by atoms with Gasteiger partial charge < -0.3 is 11.1 Å². The van der Waals surface area contributed by atoms with Crippen molar-refractivity contribution in [3.63, 3.8) is 0 Å². The first-order chi connectivity index (χ1) is 8.99. The van der Waals surface area contributed by atoms with E-state index in [0.717, 1.165) is 0 Å². The van der Waals surface area contributed by atoms with Crippen LogP contribution in [0.2, 0.25) is 0 Å². The van der Waals surface area contributed by atoms with E-state index < -0.39 is 10.8 Å². The molecule has 0 aliphatic rings. The van der Waals surface area contributed by atoms with Gasteiger partial charge in [-0.3, -0.25) is 14.9 Å². The van der Waals surface area contributed by atoms with E-state index in [4.69, 9.17) is 5.73 Å². The van der Waals surface area contributed by atoms with Crippen LogP contribution in [0.1, 0.15) is 10.5 Å². The van der Waals surface area contributed by atoms with Gasteiger partial charge in [0, 0.05) is 11.8 Å². The van der Waals surface area contributed by atoms with Crippen molar-refractivity contribution in [3.05, 3.63) is 38.5 Å². The van der Waals surface area contributed by atoms with Crippen LogP contribution in [0.5, 0.6) is 0 Å². The van der Waals surface area contributed by atoms with Crippen molar-refractivity contribution in [2.45, 2.75) is 0 Å². The standard InChI is InChI=1S/C9H6BrN5O4/c10-5-3-4(1-2-6(5)15(17)18)12-9(16)7-8(11)14-19-13-7/h1-3H,(H2,11,14)(H,12,16). The minimum atomic E-state index is -0.625. The molecule has 0 radical (unpaired) electrons. The van der Waals surface area contributed by atoms with Crippen LogP contribution in [0.4, 0.5) is 17.2 Å². The molecule has 0 aliphatic heterocycles. The van der Waals surface area contributed by atoms with Crippen molar-refractivity contribution in [2.24, 2.45) is 0 Å². The van der Waals surface area contributed by atoms with Crippen molar-refractivity contribution in [1.82, 2.24) is 10.3 Å². The Kier molecular flexibility index (Phi) is 3.42. The lowest BCUT2D eigenvalue weighted by atomic mass is 10.2. The Bertz CT molecular complexity index is 656. The summed E-state index contributed by atoms with van der Waals surface area (Å²) in [6, 6.07) is 4.02. The van der Waals surface area contributed by atoms with Crippen LogP contribution in [0.3, 0.4) is 0 Å².